The van der Waals surface area contributed by atoms with Crippen LogP contribution in [0.4, 0.5) is 0 Å². The van der Waals surface area contributed by atoms with Gasteiger partial charge in [0.25, 0.3) is 0 Å². The van der Waals surface area contributed by atoms with E-state index in [4.69, 9.17) is 0 Å². The lowest BCUT2D eigenvalue weighted by Crippen LogP contribution is -1.64. The Morgan fingerprint density at radius 3 is 2.71 bits per heavy atom. The molecule has 0 amide bonds. The van der Waals surface area contributed by atoms with Crippen LogP contribution in [0.2, 0.25) is 0 Å². The van der Waals surface area contributed by atoms with E-state index in [1.54, 1.807) is 0 Å². The third kappa shape index (κ3) is 0.807. The van der Waals surface area contributed by atoms with Crippen LogP contribution in [0.5, 0.6) is 11.8 Å². The highest BCUT2D eigenvalue weighted by atomic mass is 32.1. The Bertz CT molecular complexity index is 623. The van der Waals surface area contributed by atoms with E-state index in [0.29, 0.717) is 10.1 Å². The summed E-state index contributed by atoms with van der Waals surface area (Å²) >= 11 is 1.47. The number of hydrogen-bond donors (Lipinski definition) is 3. The summed E-state index contributed by atoms with van der Waals surface area (Å²) in [5.41, 5.74) is 0. The minimum Gasteiger partial charge on any atom is -0.494 e. The first-order valence-electron chi connectivity index (χ1n) is 4.18. The fraction of sp³-hybridized carbons (Fsp3) is 0. The summed E-state index contributed by atoms with van der Waals surface area (Å²) in [5, 5.41) is 20.7. The van der Waals surface area contributed by atoms with E-state index in [0.717, 1.165) is 10.1 Å². The van der Waals surface area contributed by atoms with Crippen LogP contribution in [0.15, 0.2) is 24.3 Å². The average molecular weight is 205 g/mol. The molecule has 1 aromatic carbocycles. The normalized spacial score (nSPS) is 11.4. The fourth-order valence-corrected chi connectivity index (χ4v) is 2.78. The number of hydrogen-bond acceptors (Lipinski definition) is 3. The van der Waals surface area contributed by atoms with Gasteiger partial charge in [0, 0.05) is 10.1 Å². The topological polar surface area (TPSA) is 56.2 Å². The lowest BCUT2D eigenvalue weighted by molar-refractivity contribution is 0.429. The van der Waals surface area contributed by atoms with Gasteiger partial charge in [0.05, 0.1) is 5.39 Å². The molecule has 0 aliphatic carbocycles. The Hall–Kier alpha value is -1.68. The number of rotatable bonds is 0. The second kappa shape index (κ2) is 2.42. The number of aromatic hydroxyl groups is 2. The first-order valence-corrected chi connectivity index (χ1v) is 5.00. The first kappa shape index (κ1) is 7.70. The second-order valence-corrected chi connectivity index (χ2v) is 4.18. The van der Waals surface area contributed by atoms with Crippen molar-refractivity contribution in [1.82, 2.24) is 4.98 Å². The SMILES string of the molecule is Oc1[nH]c(O)c2c1sc1ccccc12. The van der Waals surface area contributed by atoms with Gasteiger partial charge in [-0.3, -0.25) is 4.98 Å². The molecule has 2 aromatic heterocycles. The maximum Gasteiger partial charge on any atom is 0.209 e. The second-order valence-electron chi connectivity index (χ2n) is 3.12. The molecule has 0 bridgehead atoms. The third-order valence-electron chi connectivity index (χ3n) is 2.28. The van der Waals surface area contributed by atoms with E-state index >= 15 is 0 Å². The van der Waals surface area contributed by atoms with Crippen LogP contribution in [0.1, 0.15) is 0 Å². The molecule has 0 aliphatic heterocycles. The van der Waals surface area contributed by atoms with Gasteiger partial charge in [-0.25, -0.2) is 0 Å². The molecule has 3 aromatic rings. The first-order chi connectivity index (χ1) is 6.77. The van der Waals surface area contributed by atoms with Crippen LogP contribution >= 0.6 is 11.3 Å². The van der Waals surface area contributed by atoms with Crippen molar-refractivity contribution in [3.8, 4) is 11.8 Å². The number of thiophene rings is 1. The number of aromatic nitrogens is 1. The van der Waals surface area contributed by atoms with Crippen molar-refractivity contribution in [1.29, 1.82) is 0 Å². The molecule has 3 rings (SSSR count). The van der Waals surface area contributed by atoms with Gasteiger partial charge in [0.1, 0.15) is 4.70 Å². The van der Waals surface area contributed by atoms with Gasteiger partial charge in [0.2, 0.25) is 11.8 Å². The molecule has 0 fully saturated rings. The highest BCUT2D eigenvalue weighted by Gasteiger charge is 2.14. The molecule has 4 heteroatoms. The Balaban J connectivity index is 2.65. The number of H-pyrrole nitrogens is 1. The Labute approximate surface area is 83.2 Å². The predicted molar refractivity (Wildman–Crippen MR) is 57.0 cm³/mol. The molecule has 0 saturated heterocycles. The molecular weight excluding hydrogens is 198 g/mol. The molecule has 0 saturated carbocycles. The van der Waals surface area contributed by atoms with Crippen LogP contribution < -0.4 is 0 Å². The van der Waals surface area contributed by atoms with Gasteiger partial charge >= 0.3 is 0 Å². The standard InChI is InChI=1S/C10H7NO2S/c12-9-7-5-3-1-2-4-6(5)14-8(7)10(13)11-9/h1-4,11-13H. The highest BCUT2D eigenvalue weighted by molar-refractivity contribution is 7.26. The lowest BCUT2D eigenvalue weighted by Gasteiger charge is -1.88. The van der Waals surface area contributed by atoms with E-state index < -0.39 is 0 Å². The molecule has 0 aliphatic rings. The average Bonchev–Trinajstić information content (AvgIpc) is 2.66. The zero-order valence-electron chi connectivity index (χ0n) is 7.11. The molecule has 0 radical (unpaired) electrons. The summed E-state index contributed by atoms with van der Waals surface area (Å²) in [4.78, 5) is 2.51. The van der Waals surface area contributed by atoms with Gasteiger partial charge in [-0.15, -0.1) is 11.3 Å². The van der Waals surface area contributed by atoms with Crippen LogP contribution in [0.3, 0.4) is 0 Å². The molecule has 0 unspecified atom stereocenters. The number of aromatic amines is 1. The molecule has 0 atom stereocenters. The molecular formula is C10H7NO2S. The summed E-state index contributed by atoms with van der Waals surface area (Å²) in [7, 11) is 0. The van der Waals surface area contributed by atoms with Crippen molar-refractivity contribution in [3.05, 3.63) is 24.3 Å². The monoisotopic (exact) mass is 205 g/mol. The number of nitrogens with one attached hydrogen (secondary N) is 1. The van der Waals surface area contributed by atoms with Gasteiger partial charge in [0.15, 0.2) is 0 Å². The highest BCUT2D eigenvalue weighted by Crippen LogP contribution is 2.43. The minimum atomic E-state index is 0.0370. The van der Waals surface area contributed by atoms with Crippen molar-refractivity contribution in [3.63, 3.8) is 0 Å². The molecule has 2 heterocycles. The van der Waals surface area contributed by atoms with Crippen LogP contribution in [0, 0.1) is 0 Å². The van der Waals surface area contributed by atoms with Gasteiger partial charge in [-0.1, -0.05) is 18.2 Å². The van der Waals surface area contributed by atoms with Gasteiger partial charge in [-0.2, -0.15) is 0 Å². The molecule has 0 spiro atoms. The zero-order chi connectivity index (χ0) is 9.71. The predicted octanol–water partition coefficient (Wildman–Crippen LogP) is 2.79. The number of benzene rings is 1. The van der Waals surface area contributed by atoms with E-state index in [1.165, 1.54) is 11.3 Å². The van der Waals surface area contributed by atoms with E-state index in [2.05, 4.69) is 4.98 Å². The molecule has 14 heavy (non-hydrogen) atoms. The number of fused-ring (bicyclic) bond motifs is 3. The van der Waals surface area contributed by atoms with Crippen molar-refractivity contribution in [2.24, 2.45) is 0 Å². The van der Waals surface area contributed by atoms with Crippen LogP contribution in [-0.4, -0.2) is 15.2 Å². The van der Waals surface area contributed by atoms with E-state index in [1.807, 2.05) is 24.3 Å². The maximum absolute atomic E-state index is 9.57. The smallest absolute Gasteiger partial charge is 0.209 e. The Kier molecular flexibility index (Phi) is 1.33. The third-order valence-corrected chi connectivity index (χ3v) is 3.46. The van der Waals surface area contributed by atoms with Crippen molar-refractivity contribution < 1.29 is 10.2 Å². The Morgan fingerprint density at radius 1 is 1.07 bits per heavy atom. The summed E-state index contributed by atoms with van der Waals surface area (Å²) in [6, 6.07) is 7.76. The minimum absolute atomic E-state index is 0.0370. The summed E-state index contributed by atoms with van der Waals surface area (Å²) in [6.07, 6.45) is 0. The zero-order valence-corrected chi connectivity index (χ0v) is 7.93. The molecule has 3 N–H and O–H groups in total. The van der Waals surface area contributed by atoms with E-state index in [9.17, 15) is 10.2 Å². The fourth-order valence-electron chi connectivity index (χ4n) is 1.68. The van der Waals surface area contributed by atoms with Gasteiger partial charge in [-0.05, 0) is 6.07 Å². The summed E-state index contributed by atoms with van der Waals surface area (Å²) in [5.74, 6) is 0.0775. The van der Waals surface area contributed by atoms with Crippen LogP contribution in [0.25, 0.3) is 20.2 Å². The van der Waals surface area contributed by atoms with Crippen molar-refractivity contribution in [2.45, 2.75) is 0 Å². The van der Waals surface area contributed by atoms with E-state index in [-0.39, 0.29) is 11.8 Å². The van der Waals surface area contributed by atoms with Crippen molar-refractivity contribution >= 4 is 31.5 Å². The molecule has 70 valence electrons. The van der Waals surface area contributed by atoms with Crippen molar-refractivity contribution in [2.75, 3.05) is 0 Å². The lowest BCUT2D eigenvalue weighted by atomic mass is 10.2. The molecule has 3 nitrogen and oxygen atoms in total. The summed E-state index contributed by atoms with van der Waals surface area (Å²) < 4.78 is 1.78. The largest absolute Gasteiger partial charge is 0.494 e. The quantitative estimate of drug-likeness (QED) is 0.528. The van der Waals surface area contributed by atoms with Crippen LogP contribution in [-0.2, 0) is 0 Å². The maximum atomic E-state index is 9.57. The van der Waals surface area contributed by atoms with Gasteiger partial charge < -0.3 is 10.2 Å². The Morgan fingerprint density at radius 2 is 1.86 bits per heavy atom. The summed E-state index contributed by atoms with van der Waals surface area (Å²) in [6.45, 7) is 0.